The van der Waals surface area contributed by atoms with Gasteiger partial charge in [-0.1, -0.05) is 13.8 Å². The minimum atomic E-state index is -3.44. The normalized spacial score (nSPS) is 13.0. The molecule has 0 saturated carbocycles. The van der Waals surface area contributed by atoms with Crippen LogP contribution in [0.25, 0.3) is 0 Å². The maximum atomic E-state index is 12.1. The standard InChI is InChI=1S/C10H15BrClNO2S2/c1-7-8(4-9(11)16-7)17(14,15)13-6-10(2,3)5-12/h4,13H,5-6H2,1-3H3. The summed E-state index contributed by atoms with van der Waals surface area (Å²) < 4.78 is 27.5. The Hall–Kier alpha value is 0.380. The van der Waals surface area contributed by atoms with Crippen LogP contribution in [-0.2, 0) is 10.0 Å². The molecule has 0 aliphatic carbocycles. The smallest absolute Gasteiger partial charge is 0.211 e. The SMILES string of the molecule is Cc1sc(Br)cc1S(=O)(=O)NCC(C)(C)CCl. The first-order valence-corrected chi connectivity index (χ1v) is 8.62. The van der Waals surface area contributed by atoms with E-state index in [0.717, 1.165) is 8.66 Å². The van der Waals surface area contributed by atoms with E-state index in [1.165, 1.54) is 11.3 Å². The number of halogens is 2. The van der Waals surface area contributed by atoms with E-state index in [4.69, 9.17) is 11.6 Å². The fraction of sp³-hybridized carbons (Fsp3) is 0.600. The monoisotopic (exact) mass is 359 g/mol. The highest BCUT2D eigenvalue weighted by Crippen LogP contribution is 2.29. The molecule has 0 aliphatic heterocycles. The van der Waals surface area contributed by atoms with Gasteiger partial charge in [0.2, 0.25) is 10.0 Å². The Kier molecular flexibility index (Phi) is 5.06. The van der Waals surface area contributed by atoms with E-state index in [2.05, 4.69) is 20.7 Å². The van der Waals surface area contributed by atoms with Crippen molar-refractivity contribution in [2.75, 3.05) is 12.4 Å². The zero-order chi connectivity index (χ0) is 13.3. The van der Waals surface area contributed by atoms with Crippen molar-refractivity contribution in [3.63, 3.8) is 0 Å². The molecule has 0 atom stereocenters. The maximum Gasteiger partial charge on any atom is 0.241 e. The summed E-state index contributed by atoms with van der Waals surface area (Å²) >= 11 is 10.5. The van der Waals surface area contributed by atoms with Gasteiger partial charge in [-0.15, -0.1) is 22.9 Å². The Labute approximate surface area is 120 Å². The van der Waals surface area contributed by atoms with Gasteiger partial charge in [-0.05, 0) is 34.3 Å². The number of hydrogen-bond donors (Lipinski definition) is 1. The molecule has 0 amide bonds. The molecule has 1 heterocycles. The summed E-state index contributed by atoms with van der Waals surface area (Å²) in [6, 6.07) is 1.62. The first kappa shape index (κ1) is 15.4. The molecular formula is C10H15BrClNO2S2. The highest BCUT2D eigenvalue weighted by Gasteiger charge is 2.23. The number of rotatable bonds is 5. The van der Waals surface area contributed by atoms with Crippen LogP contribution in [0, 0.1) is 12.3 Å². The lowest BCUT2D eigenvalue weighted by molar-refractivity contribution is 0.414. The predicted molar refractivity (Wildman–Crippen MR) is 76.4 cm³/mol. The fourth-order valence-corrected chi connectivity index (χ4v) is 4.86. The number of hydrogen-bond acceptors (Lipinski definition) is 3. The number of sulfonamides is 1. The Bertz CT molecular complexity index is 496. The van der Waals surface area contributed by atoms with Gasteiger partial charge in [-0.3, -0.25) is 0 Å². The van der Waals surface area contributed by atoms with Crippen LogP contribution < -0.4 is 4.72 Å². The zero-order valence-corrected chi connectivity index (χ0v) is 13.9. The van der Waals surface area contributed by atoms with Crippen LogP contribution in [0.1, 0.15) is 18.7 Å². The molecule has 3 nitrogen and oxygen atoms in total. The summed E-state index contributed by atoms with van der Waals surface area (Å²) in [6.07, 6.45) is 0. The largest absolute Gasteiger partial charge is 0.241 e. The van der Waals surface area contributed by atoms with Crippen molar-refractivity contribution >= 4 is 48.9 Å². The summed E-state index contributed by atoms with van der Waals surface area (Å²) in [5, 5.41) is 0. The first-order chi connectivity index (χ1) is 7.68. The van der Waals surface area contributed by atoms with E-state index in [9.17, 15) is 8.42 Å². The van der Waals surface area contributed by atoms with Crippen LogP contribution in [0.15, 0.2) is 14.7 Å². The Balaban J connectivity index is 2.87. The summed E-state index contributed by atoms with van der Waals surface area (Å²) in [5.74, 6) is 0.405. The summed E-state index contributed by atoms with van der Waals surface area (Å²) in [4.78, 5) is 1.10. The van der Waals surface area contributed by atoms with Crippen molar-refractivity contribution < 1.29 is 8.42 Å². The molecule has 0 bridgehead atoms. The van der Waals surface area contributed by atoms with E-state index in [0.29, 0.717) is 17.3 Å². The molecule has 1 aromatic heterocycles. The molecule has 7 heteroatoms. The third kappa shape index (κ3) is 4.21. The molecule has 0 fully saturated rings. The number of nitrogens with one attached hydrogen (secondary N) is 1. The fourth-order valence-electron chi connectivity index (χ4n) is 1.11. The van der Waals surface area contributed by atoms with Gasteiger partial charge in [-0.25, -0.2) is 13.1 Å². The average Bonchev–Trinajstić information content (AvgIpc) is 2.56. The average molecular weight is 361 g/mol. The van der Waals surface area contributed by atoms with Crippen LogP contribution in [0.3, 0.4) is 0 Å². The minimum absolute atomic E-state index is 0.254. The number of thiophene rings is 1. The molecular weight excluding hydrogens is 346 g/mol. The lowest BCUT2D eigenvalue weighted by Gasteiger charge is -2.21. The molecule has 0 spiro atoms. The predicted octanol–water partition coefficient (Wildman–Crippen LogP) is 3.36. The molecule has 0 saturated heterocycles. The van der Waals surface area contributed by atoms with E-state index in [-0.39, 0.29) is 5.41 Å². The van der Waals surface area contributed by atoms with Crippen molar-refractivity contribution in [3.05, 3.63) is 14.7 Å². The van der Waals surface area contributed by atoms with Crippen LogP contribution in [0.5, 0.6) is 0 Å². The molecule has 0 aromatic carbocycles. The van der Waals surface area contributed by atoms with Gasteiger partial charge in [0.25, 0.3) is 0 Å². The lowest BCUT2D eigenvalue weighted by Crippen LogP contribution is -2.35. The quantitative estimate of drug-likeness (QED) is 0.818. The maximum absolute atomic E-state index is 12.1. The minimum Gasteiger partial charge on any atom is -0.211 e. The van der Waals surface area contributed by atoms with E-state index in [1.54, 1.807) is 13.0 Å². The van der Waals surface area contributed by atoms with Gasteiger partial charge in [0.15, 0.2) is 0 Å². The van der Waals surface area contributed by atoms with Gasteiger partial charge in [0.05, 0.1) is 8.68 Å². The molecule has 1 aromatic rings. The molecule has 1 N–H and O–H groups in total. The summed E-state index contributed by atoms with van der Waals surface area (Å²) in [7, 11) is -3.44. The second kappa shape index (κ2) is 5.57. The third-order valence-corrected chi connectivity index (χ3v) is 6.17. The Morgan fingerprint density at radius 2 is 2.12 bits per heavy atom. The second-order valence-electron chi connectivity index (χ2n) is 4.59. The highest BCUT2D eigenvalue weighted by molar-refractivity contribution is 9.11. The van der Waals surface area contributed by atoms with Crippen LogP contribution in [-0.4, -0.2) is 20.8 Å². The van der Waals surface area contributed by atoms with Crippen molar-refractivity contribution in [3.8, 4) is 0 Å². The molecule has 0 unspecified atom stereocenters. The summed E-state index contributed by atoms with van der Waals surface area (Å²) in [6.45, 7) is 5.94. The number of aryl methyl sites for hydroxylation is 1. The second-order valence-corrected chi connectivity index (χ2v) is 9.23. The Morgan fingerprint density at radius 3 is 2.53 bits per heavy atom. The zero-order valence-electron chi connectivity index (χ0n) is 9.88. The van der Waals surface area contributed by atoms with Crippen molar-refractivity contribution in [1.29, 1.82) is 0 Å². The van der Waals surface area contributed by atoms with Gasteiger partial charge in [-0.2, -0.15) is 0 Å². The Morgan fingerprint density at radius 1 is 1.53 bits per heavy atom. The van der Waals surface area contributed by atoms with Crippen molar-refractivity contribution in [2.24, 2.45) is 5.41 Å². The van der Waals surface area contributed by atoms with E-state index < -0.39 is 10.0 Å². The van der Waals surface area contributed by atoms with Gasteiger partial charge >= 0.3 is 0 Å². The van der Waals surface area contributed by atoms with Gasteiger partial charge in [0, 0.05) is 17.3 Å². The highest BCUT2D eigenvalue weighted by atomic mass is 79.9. The molecule has 98 valence electrons. The molecule has 1 rings (SSSR count). The van der Waals surface area contributed by atoms with E-state index >= 15 is 0 Å². The first-order valence-electron chi connectivity index (χ1n) is 4.99. The van der Waals surface area contributed by atoms with Gasteiger partial charge < -0.3 is 0 Å². The molecule has 0 radical (unpaired) electrons. The number of alkyl halides is 1. The van der Waals surface area contributed by atoms with Crippen LogP contribution in [0.4, 0.5) is 0 Å². The molecule has 17 heavy (non-hydrogen) atoms. The van der Waals surface area contributed by atoms with Crippen LogP contribution >= 0.6 is 38.9 Å². The lowest BCUT2D eigenvalue weighted by atomic mass is 9.97. The summed E-state index contributed by atoms with van der Waals surface area (Å²) in [5.41, 5.74) is -0.254. The van der Waals surface area contributed by atoms with E-state index in [1.807, 2.05) is 13.8 Å². The topological polar surface area (TPSA) is 46.2 Å². The third-order valence-electron chi connectivity index (χ3n) is 2.23. The molecule has 0 aliphatic rings. The van der Waals surface area contributed by atoms with Gasteiger partial charge in [0.1, 0.15) is 0 Å². The van der Waals surface area contributed by atoms with Crippen LogP contribution in [0.2, 0.25) is 0 Å². The van der Waals surface area contributed by atoms with Crippen molar-refractivity contribution in [2.45, 2.75) is 25.7 Å². The van der Waals surface area contributed by atoms with Crippen molar-refractivity contribution in [1.82, 2.24) is 4.72 Å².